The molecule has 0 spiro atoms. The van der Waals surface area contributed by atoms with Crippen molar-refractivity contribution in [2.75, 3.05) is 26.0 Å². The molecule has 1 aliphatic heterocycles. The van der Waals surface area contributed by atoms with Crippen molar-refractivity contribution in [1.82, 2.24) is 56.2 Å². The first-order valence-corrected chi connectivity index (χ1v) is 31.3. The molecule has 0 unspecified atom stereocenters. The monoisotopic (exact) mass is 1270 g/mol. The lowest BCUT2D eigenvalue weighted by Crippen LogP contribution is -2.40. The fourth-order valence-corrected chi connectivity index (χ4v) is 14.5. The van der Waals surface area contributed by atoms with Crippen molar-refractivity contribution in [2.24, 2.45) is 11.8 Å². The van der Waals surface area contributed by atoms with Crippen molar-refractivity contribution in [2.45, 2.75) is 83.6 Å². The number of rotatable bonds is 15. The summed E-state index contributed by atoms with van der Waals surface area (Å²) in [5.74, 6) is -7.63. The van der Waals surface area contributed by atoms with Gasteiger partial charge in [-0.2, -0.15) is 0 Å². The Morgan fingerprint density at radius 3 is 2.16 bits per heavy atom. The predicted molar refractivity (Wildman–Crippen MR) is 320 cm³/mol. The number of carbonyl (C=O) groups is 8. The van der Waals surface area contributed by atoms with E-state index in [-0.39, 0.29) is 66.9 Å². The van der Waals surface area contributed by atoms with Crippen LogP contribution in [0.5, 0.6) is 0 Å². The number of aromatic nitrogens is 7. The summed E-state index contributed by atoms with van der Waals surface area (Å²) in [4.78, 5) is 140. The minimum Gasteiger partial charge on any atom is -0.481 e. The number of nitrogens with one attached hydrogen (secondary N) is 5. The number of aliphatic hydroxyl groups is 1. The molecule has 0 aliphatic carbocycles. The Labute approximate surface area is 508 Å². The maximum atomic E-state index is 14.3. The lowest BCUT2D eigenvalue weighted by atomic mass is 9.90. The molecule has 0 saturated carbocycles. The van der Waals surface area contributed by atoms with Gasteiger partial charge in [0.25, 0.3) is 11.8 Å². The second-order valence-electron chi connectivity index (χ2n) is 19.7. The number of hydrogen-bond donors (Lipinski definition) is 8. The number of aliphatic hydroxyl groups excluding tert-OH is 1. The lowest BCUT2D eigenvalue weighted by Gasteiger charge is -2.23. The Kier molecular flexibility index (Phi) is 19.8. The lowest BCUT2D eigenvalue weighted by molar-refractivity contribution is -0.148. The van der Waals surface area contributed by atoms with E-state index in [1.54, 1.807) is 70.9 Å². The molecule has 442 valence electrons. The van der Waals surface area contributed by atoms with E-state index >= 15 is 0 Å². The highest BCUT2D eigenvalue weighted by atomic mass is 32.1. The highest BCUT2D eigenvalue weighted by Gasteiger charge is 2.33. The van der Waals surface area contributed by atoms with Crippen LogP contribution in [0, 0.1) is 18.8 Å². The molecule has 0 saturated heterocycles. The fourth-order valence-electron chi connectivity index (χ4n) is 8.93. The number of aryl methyl sites for hydroxylation is 1. The summed E-state index contributed by atoms with van der Waals surface area (Å²) in [6.45, 7) is 5.09. The number of carbonyl (C=O) groups excluding carboxylic acids is 6. The van der Waals surface area contributed by atoms with Crippen LogP contribution in [0.25, 0.3) is 43.4 Å². The van der Waals surface area contributed by atoms with Crippen LogP contribution in [0.15, 0.2) is 64.0 Å². The van der Waals surface area contributed by atoms with Crippen LogP contribution < -0.4 is 26.6 Å². The van der Waals surface area contributed by atoms with Crippen molar-refractivity contribution < 1.29 is 58.4 Å². The Morgan fingerprint density at radius 1 is 0.729 bits per heavy atom. The Morgan fingerprint density at radius 2 is 1.44 bits per heavy atom. The number of aliphatic carboxylic acids is 2. The van der Waals surface area contributed by atoms with Gasteiger partial charge >= 0.3 is 11.9 Å². The summed E-state index contributed by atoms with van der Waals surface area (Å²) in [7, 11) is 2.94. The third-order valence-corrected chi connectivity index (χ3v) is 19.1. The van der Waals surface area contributed by atoms with E-state index < -0.39 is 84.5 Å². The fraction of sp³-hybridized carbons (Fsp3) is 0.327. The second kappa shape index (κ2) is 27.4. The Hall–Kier alpha value is -7.97. The molecule has 30 heteroatoms. The van der Waals surface area contributed by atoms with Gasteiger partial charge in [0, 0.05) is 64.9 Å². The minimum atomic E-state index is -1.33. The number of hydrogen-bond acceptors (Lipinski definition) is 23. The van der Waals surface area contributed by atoms with Gasteiger partial charge in [0.05, 0.1) is 53.5 Å². The van der Waals surface area contributed by atoms with E-state index in [1.165, 1.54) is 48.2 Å². The van der Waals surface area contributed by atoms with E-state index in [4.69, 9.17) is 39.7 Å². The Balaban J connectivity index is 1.10. The van der Waals surface area contributed by atoms with Gasteiger partial charge in [0.1, 0.15) is 77.2 Å². The van der Waals surface area contributed by atoms with Crippen LogP contribution in [0.4, 0.5) is 5.82 Å². The van der Waals surface area contributed by atoms with Crippen molar-refractivity contribution >= 4 is 121 Å². The summed E-state index contributed by atoms with van der Waals surface area (Å²) < 4.78 is 5.46. The number of carboxylic acids is 2. The van der Waals surface area contributed by atoms with Gasteiger partial charge in [0.2, 0.25) is 17.7 Å². The summed E-state index contributed by atoms with van der Waals surface area (Å²) in [6.07, 6.45) is -2.70. The van der Waals surface area contributed by atoms with Crippen molar-refractivity contribution in [1.29, 1.82) is 0 Å². The number of nitrogens with zero attached hydrogens (tertiary/aromatic N) is 7. The second-order valence-corrected chi connectivity index (χ2v) is 25.5. The van der Waals surface area contributed by atoms with E-state index in [0.29, 0.717) is 73.7 Å². The van der Waals surface area contributed by atoms with Gasteiger partial charge in [0.15, 0.2) is 5.78 Å². The molecule has 7 aromatic heterocycles. The number of carboxylic acid groups (broad SMARTS) is 2. The number of methoxy groups -OCH3 is 1. The van der Waals surface area contributed by atoms with Crippen molar-refractivity contribution in [3.63, 3.8) is 0 Å². The van der Waals surface area contributed by atoms with E-state index in [1.807, 2.05) is 13.8 Å². The highest BCUT2D eigenvalue weighted by molar-refractivity contribution is 7.15. The molecule has 8 aromatic rings. The minimum absolute atomic E-state index is 0.000771. The molecule has 0 radical (unpaired) electrons. The zero-order valence-electron chi connectivity index (χ0n) is 45.9. The molecule has 0 fully saturated rings. The topological polar surface area (TPSA) is 357 Å². The molecule has 1 aliphatic rings. The molecule has 85 heavy (non-hydrogen) atoms. The summed E-state index contributed by atoms with van der Waals surface area (Å²) in [6, 6.07) is 10.0. The number of ketones is 1. The van der Waals surface area contributed by atoms with Crippen LogP contribution in [0.3, 0.4) is 0 Å². The number of ether oxygens (including phenoxy) is 1. The highest BCUT2D eigenvalue weighted by Crippen LogP contribution is 2.41. The molecule has 1 aromatic carbocycles. The number of amides is 5. The molecule has 9 rings (SSSR count). The van der Waals surface area contributed by atoms with Gasteiger partial charge in [-0.15, -0.1) is 68.0 Å². The first kappa shape index (κ1) is 61.6. The van der Waals surface area contributed by atoms with Crippen molar-refractivity contribution in [3.8, 4) is 43.4 Å². The molecule has 8 heterocycles. The first-order chi connectivity index (χ1) is 40.8. The summed E-state index contributed by atoms with van der Waals surface area (Å²) in [5.41, 5.74) is 2.53. The number of pyridine rings is 1. The maximum Gasteiger partial charge on any atom is 0.307 e. The van der Waals surface area contributed by atoms with Crippen LogP contribution in [0.1, 0.15) is 132 Å². The van der Waals surface area contributed by atoms with Gasteiger partial charge in [-0.05, 0) is 37.0 Å². The number of anilines is 1. The molecule has 8 N–H and O–H groups in total. The van der Waals surface area contributed by atoms with Crippen LogP contribution in [-0.2, 0) is 35.3 Å². The van der Waals surface area contributed by atoms with Gasteiger partial charge in [-0.1, -0.05) is 44.2 Å². The molecule has 10 bridgehead atoms. The van der Waals surface area contributed by atoms with E-state index in [9.17, 15) is 48.6 Å². The predicted octanol–water partition coefficient (Wildman–Crippen LogP) is 8.09. The first-order valence-electron chi connectivity index (χ1n) is 26.2. The quantitative estimate of drug-likeness (QED) is 0.0480. The molecule has 5 amide bonds. The number of Topliss-reactive ketones (excluding diaryl/α,β-unsaturated/α-hetero) is 1. The van der Waals surface area contributed by atoms with E-state index in [0.717, 1.165) is 34.0 Å². The number of benzene rings is 1. The standard InChI is InChI=1S/C55H54N12O12S6/c1-24(2)29-16-35(68)42-25(3)84-53(66-42)31(17-39(70)56-4)59-47(75)33-21-80-49(61-33)28-12-13-30(51-64-37(23-83-51)63-38(69)14-11-27(55(77)78)15-41(72)73)58-43(28)32-20-81-52(60-32)34-22-82-54(62-34)45(46(74)26-9-7-6-8-10-26)65-40(71)18-57-48(76)44-36(19-79-5)85-50(29)67-44/h6-10,12-13,20-24,27,29,31,45-46,74H,11,14-19H2,1-5H3,(H,56,70)(H,57,76)(H,59,75)(H,63,69)(H,65,71)(H,72,73)(H,77,78)/t27-,29+,31+,45+,46+/m1/s1. The average Bonchev–Trinajstić information content (AvgIpc) is 3.50. The van der Waals surface area contributed by atoms with Gasteiger partial charge < -0.3 is 46.6 Å². The van der Waals surface area contributed by atoms with Gasteiger partial charge in [-0.3, -0.25) is 38.4 Å². The van der Waals surface area contributed by atoms with Crippen LogP contribution >= 0.6 is 68.0 Å². The molecule has 24 nitrogen and oxygen atoms in total. The third kappa shape index (κ3) is 14.8. The zero-order valence-corrected chi connectivity index (χ0v) is 50.8. The molecule has 5 atom stereocenters. The van der Waals surface area contributed by atoms with Crippen LogP contribution in [0.2, 0.25) is 0 Å². The normalized spacial score (nSPS) is 16.6. The average molecular weight is 1270 g/mol. The summed E-state index contributed by atoms with van der Waals surface area (Å²) >= 11 is 7.06. The van der Waals surface area contributed by atoms with Crippen LogP contribution in [-0.4, -0.2) is 118 Å². The SMILES string of the molecule is CNC(=O)C[C@@H]1NC(=O)c2csc(n2)-c2ccc(-c3nc(NC(=O)CC[C@H](CC(=O)O)C(=O)O)cs3)nc2-c2csc(n2)-c2csc(n2)[C@H]([C@@H](O)c2ccccc2)NC(=O)CNC(=O)c2nc(sc2COC)[C@H](C(C)C)CC(=O)c2nc1sc2C. The number of thiazole rings is 6. The smallest absolute Gasteiger partial charge is 0.307 e. The zero-order chi connectivity index (χ0) is 60.6. The number of fused-ring (bicyclic) bond motifs is 14. The largest absolute Gasteiger partial charge is 0.481 e. The molecular formula is C55H54N12O12S6. The van der Waals surface area contributed by atoms with E-state index in [2.05, 4.69) is 31.6 Å². The summed E-state index contributed by atoms with van der Waals surface area (Å²) in [5, 5.41) is 53.0. The van der Waals surface area contributed by atoms with Gasteiger partial charge in [-0.25, -0.2) is 34.9 Å². The third-order valence-electron chi connectivity index (χ3n) is 13.4. The maximum absolute atomic E-state index is 14.3. The Bertz CT molecular complexity index is 3810. The molecular weight excluding hydrogens is 1210 g/mol. The van der Waals surface area contributed by atoms with Crippen molar-refractivity contribution in [3.05, 3.63) is 111 Å².